The normalized spacial score (nSPS) is 10.5. The number of hydrogen-bond donors (Lipinski definition) is 0. The molecule has 0 radical (unpaired) electrons. The van der Waals surface area contributed by atoms with Crippen molar-refractivity contribution in [2.45, 2.75) is 13.5 Å². The fourth-order valence-electron chi connectivity index (χ4n) is 1.59. The highest BCUT2D eigenvalue weighted by Crippen LogP contribution is 2.15. The van der Waals surface area contributed by atoms with E-state index in [9.17, 15) is 13.6 Å². The molecule has 0 aliphatic rings. The molecule has 0 saturated carbocycles. The van der Waals surface area contributed by atoms with Crippen LogP contribution in [0.1, 0.15) is 12.6 Å². The lowest BCUT2D eigenvalue weighted by Gasteiger charge is -2.07. The maximum Gasteiger partial charge on any atom is 0.226 e. The lowest BCUT2D eigenvalue weighted by atomic mass is 10.2. The van der Waals surface area contributed by atoms with Gasteiger partial charge in [-0.05, 0) is 13.0 Å². The smallest absolute Gasteiger partial charge is 0.226 e. The SMILES string of the molecule is CCn1nc(C#N)c(=O)c2cc(F)c(F)cc21. The van der Waals surface area contributed by atoms with Crippen LogP contribution < -0.4 is 5.43 Å². The molecule has 0 atom stereocenters. The molecule has 0 N–H and O–H groups in total. The largest absolute Gasteiger partial charge is 0.286 e. The highest BCUT2D eigenvalue weighted by Gasteiger charge is 2.13. The van der Waals surface area contributed by atoms with Crippen molar-refractivity contribution in [2.75, 3.05) is 0 Å². The predicted molar refractivity (Wildman–Crippen MR) is 56.3 cm³/mol. The average molecular weight is 235 g/mol. The van der Waals surface area contributed by atoms with Crippen molar-refractivity contribution < 1.29 is 8.78 Å². The van der Waals surface area contributed by atoms with E-state index in [0.717, 1.165) is 12.1 Å². The van der Waals surface area contributed by atoms with Crippen LogP contribution in [-0.4, -0.2) is 9.78 Å². The molecule has 6 heteroatoms. The minimum Gasteiger partial charge on any atom is -0.286 e. The molecule has 86 valence electrons. The number of nitrogens with zero attached hydrogens (tertiary/aromatic N) is 3. The molecule has 0 bridgehead atoms. The molecule has 0 spiro atoms. The van der Waals surface area contributed by atoms with Crippen LogP contribution in [0.4, 0.5) is 8.78 Å². The van der Waals surface area contributed by atoms with E-state index in [-0.39, 0.29) is 16.6 Å². The minimum absolute atomic E-state index is 0.0442. The molecule has 1 heterocycles. The summed E-state index contributed by atoms with van der Waals surface area (Å²) < 4.78 is 27.5. The number of hydrogen-bond acceptors (Lipinski definition) is 3. The molecule has 17 heavy (non-hydrogen) atoms. The molecule has 0 unspecified atom stereocenters. The lowest BCUT2D eigenvalue weighted by Crippen LogP contribution is -2.17. The van der Waals surface area contributed by atoms with Crippen LogP contribution in [0.15, 0.2) is 16.9 Å². The molecule has 0 aliphatic heterocycles. The van der Waals surface area contributed by atoms with E-state index in [0.29, 0.717) is 6.54 Å². The van der Waals surface area contributed by atoms with Gasteiger partial charge in [0.1, 0.15) is 6.07 Å². The van der Waals surface area contributed by atoms with Gasteiger partial charge in [0.05, 0.1) is 10.9 Å². The molecule has 0 amide bonds. The third-order valence-electron chi connectivity index (χ3n) is 2.40. The van der Waals surface area contributed by atoms with Gasteiger partial charge in [-0.3, -0.25) is 9.48 Å². The second-order valence-corrected chi connectivity index (χ2v) is 3.39. The van der Waals surface area contributed by atoms with Crippen molar-refractivity contribution in [3.63, 3.8) is 0 Å². The Labute approximate surface area is 94.7 Å². The van der Waals surface area contributed by atoms with Gasteiger partial charge in [0.2, 0.25) is 11.1 Å². The predicted octanol–water partition coefficient (Wildman–Crippen LogP) is 1.57. The van der Waals surface area contributed by atoms with Crippen LogP contribution >= 0.6 is 0 Å². The summed E-state index contributed by atoms with van der Waals surface area (Å²) in [4.78, 5) is 11.7. The van der Waals surface area contributed by atoms with Crippen LogP contribution in [-0.2, 0) is 6.54 Å². The van der Waals surface area contributed by atoms with Gasteiger partial charge in [-0.1, -0.05) is 0 Å². The quantitative estimate of drug-likeness (QED) is 0.753. The molecule has 4 nitrogen and oxygen atoms in total. The summed E-state index contributed by atoms with van der Waals surface area (Å²) in [6.45, 7) is 2.07. The first-order chi connectivity index (χ1) is 8.08. The van der Waals surface area contributed by atoms with Crippen LogP contribution in [0.3, 0.4) is 0 Å². The van der Waals surface area contributed by atoms with E-state index in [2.05, 4.69) is 5.10 Å². The number of rotatable bonds is 1. The van der Waals surface area contributed by atoms with Crippen LogP contribution in [0.25, 0.3) is 10.9 Å². The maximum atomic E-state index is 13.1. The number of halogens is 2. The van der Waals surface area contributed by atoms with Crippen molar-refractivity contribution in [2.24, 2.45) is 0 Å². The average Bonchev–Trinajstić information content (AvgIpc) is 2.32. The molecule has 0 aliphatic carbocycles. The van der Waals surface area contributed by atoms with Gasteiger partial charge in [-0.2, -0.15) is 10.4 Å². The van der Waals surface area contributed by atoms with Crippen LogP contribution in [0.5, 0.6) is 0 Å². The monoisotopic (exact) mass is 235 g/mol. The summed E-state index contributed by atoms with van der Waals surface area (Å²) in [6, 6.07) is 3.34. The van der Waals surface area contributed by atoms with E-state index in [4.69, 9.17) is 5.26 Å². The Kier molecular flexibility index (Phi) is 2.60. The van der Waals surface area contributed by atoms with Crippen molar-refractivity contribution in [3.8, 4) is 6.07 Å². The zero-order valence-corrected chi connectivity index (χ0v) is 8.87. The zero-order chi connectivity index (χ0) is 12.6. The first-order valence-electron chi connectivity index (χ1n) is 4.88. The fraction of sp³-hybridized carbons (Fsp3) is 0.182. The number of fused-ring (bicyclic) bond motifs is 1. The maximum absolute atomic E-state index is 13.1. The van der Waals surface area contributed by atoms with E-state index in [1.165, 1.54) is 4.68 Å². The van der Waals surface area contributed by atoms with Crippen molar-refractivity contribution in [1.29, 1.82) is 5.26 Å². The van der Waals surface area contributed by atoms with Crippen molar-refractivity contribution >= 4 is 10.9 Å². The standard InChI is InChI=1S/C11H7F2N3O/c1-2-16-10-4-8(13)7(12)3-6(10)11(17)9(5-14)15-16/h3-4H,2H2,1H3. The highest BCUT2D eigenvalue weighted by atomic mass is 19.2. The first kappa shape index (κ1) is 11.2. The Balaban J connectivity index is 3.01. The van der Waals surface area contributed by atoms with E-state index in [1.54, 1.807) is 13.0 Å². The first-order valence-corrected chi connectivity index (χ1v) is 4.88. The third kappa shape index (κ3) is 1.65. The minimum atomic E-state index is -1.12. The topological polar surface area (TPSA) is 58.7 Å². The summed E-state index contributed by atoms with van der Waals surface area (Å²) in [7, 11) is 0. The Morgan fingerprint density at radius 2 is 2.06 bits per heavy atom. The lowest BCUT2D eigenvalue weighted by molar-refractivity contribution is 0.509. The fourth-order valence-corrected chi connectivity index (χ4v) is 1.59. The van der Waals surface area contributed by atoms with Gasteiger partial charge in [0.25, 0.3) is 0 Å². The molecular weight excluding hydrogens is 228 g/mol. The van der Waals surface area contributed by atoms with Crippen LogP contribution in [0.2, 0.25) is 0 Å². The van der Waals surface area contributed by atoms with Crippen LogP contribution in [0, 0.1) is 23.0 Å². The molecule has 0 fully saturated rings. The van der Waals surface area contributed by atoms with Gasteiger partial charge in [0.15, 0.2) is 11.6 Å². The third-order valence-corrected chi connectivity index (χ3v) is 2.40. The second kappa shape index (κ2) is 3.94. The van der Waals surface area contributed by atoms with Gasteiger partial charge >= 0.3 is 0 Å². The number of benzene rings is 1. The number of nitriles is 1. The summed E-state index contributed by atoms with van der Waals surface area (Å²) in [5, 5.41) is 12.4. The molecule has 0 saturated heterocycles. The van der Waals surface area contributed by atoms with E-state index >= 15 is 0 Å². The Bertz CT molecular complexity index is 700. The van der Waals surface area contributed by atoms with Gasteiger partial charge in [-0.15, -0.1) is 0 Å². The molecular formula is C11H7F2N3O. The van der Waals surface area contributed by atoms with E-state index in [1.807, 2.05) is 0 Å². The number of aromatic nitrogens is 2. The van der Waals surface area contributed by atoms with E-state index < -0.39 is 17.1 Å². The summed E-state index contributed by atoms with van der Waals surface area (Å²) in [5.41, 5.74) is -0.841. The molecule has 2 aromatic rings. The molecule has 1 aromatic heterocycles. The zero-order valence-electron chi connectivity index (χ0n) is 8.87. The number of aryl methyl sites for hydroxylation is 1. The van der Waals surface area contributed by atoms with Crippen molar-refractivity contribution in [3.05, 3.63) is 39.7 Å². The Morgan fingerprint density at radius 3 is 2.65 bits per heavy atom. The second-order valence-electron chi connectivity index (χ2n) is 3.39. The van der Waals surface area contributed by atoms with Gasteiger partial charge in [0, 0.05) is 12.6 Å². The summed E-state index contributed by atoms with van der Waals surface area (Å²) in [6.07, 6.45) is 0. The summed E-state index contributed by atoms with van der Waals surface area (Å²) in [5.74, 6) is -2.17. The van der Waals surface area contributed by atoms with Gasteiger partial charge < -0.3 is 0 Å². The molecule has 2 rings (SSSR count). The highest BCUT2D eigenvalue weighted by molar-refractivity contribution is 5.79. The van der Waals surface area contributed by atoms with Gasteiger partial charge in [-0.25, -0.2) is 8.78 Å². The summed E-state index contributed by atoms with van der Waals surface area (Å²) >= 11 is 0. The molecule has 1 aromatic carbocycles. The Hall–Kier alpha value is -2.29. The Morgan fingerprint density at radius 1 is 1.41 bits per heavy atom. The van der Waals surface area contributed by atoms with Crippen molar-refractivity contribution in [1.82, 2.24) is 9.78 Å².